The van der Waals surface area contributed by atoms with Crippen molar-refractivity contribution in [2.45, 2.75) is 46.8 Å². The highest BCUT2D eigenvalue weighted by molar-refractivity contribution is 5.36. The normalized spacial score (nSPS) is 14.7. The zero-order valence-electron chi connectivity index (χ0n) is 13.8. The van der Waals surface area contributed by atoms with Crippen molar-refractivity contribution in [2.24, 2.45) is 10.5 Å². The number of azo groups is 1. The highest BCUT2D eigenvalue weighted by Gasteiger charge is 2.12. The molecule has 0 bridgehead atoms. The molecule has 0 aromatic heterocycles. The first-order valence-electron chi connectivity index (χ1n) is 7.28. The van der Waals surface area contributed by atoms with E-state index in [9.17, 15) is 10.3 Å². The van der Waals surface area contributed by atoms with Crippen LogP contribution in [-0.2, 0) is 0 Å². The smallest absolute Gasteiger partial charge is 0.244 e. The number of aliphatic hydroxyl groups is 1. The molecule has 0 heterocycles. The minimum absolute atomic E-state index is 0.0433. The number of benzene rings is 1. The Morgan fingerprint density at radius 1 is 1.27 bits per heavy atom. The lowest BCUT2D eigenvalue weighted by molar-refractivity contribution is -0.447. The Hall–Kier alpha value is -2.06. The van der Waals surface area contributed by atoms with Crippen LogP contribution < -0.4 is 4.74 Å². The summed E-state index contributed by atoms with van der Waals surface area (Å²) < 4.78 is 5.49. The second-order valence-electron chi connectivity index (χ2n) is 6.20. The van der Waals surface area contributed by atoms with E-state index in [0.717, 1.165) is 0 Å². The number of hydrogen-bond donors (Lipinski definition) is 1. The van der Waals surface area contributed by atoms with Gasteiger partial charge >= 0.3 is 0 Å². The molecule has 2 atom stereocenters. The second kappa shape index (κ2) is 7.81. The van der Waals surface area contributed by atoms with Crippen LogP contribution in [0, 0.1) is 22.5 Å². The first-order chi connectivity index (χ1) is 10.2. The molecule has 1 rings (SSSR count). The lowest BCUT2D eigenvalue weighted by atomic mass is 9.98. The highest BCUT2D eigenvalue weighted by Crippen LogP contribution is 2.18. The van der Waals surface area contributed by atoms with Gasteiger partial charge in [0.25, 0.3) is 0 Å². The fraction of sp³-hybridized carbons (Fsp3) is 0.529. The van der Waals surface area contributed by atoms with Crippen molar-refractivity contribution in [2.75, 3.05) is 6.61 Å². The first-order valence-corrected chi connectivity index (χ1v) is 7.28. The molecule has 0 amide bonds. The second-order valence-corrected chi connectivity index (χ2v) is 6.20. The minimum atomic E-state index is -0.666. The number of nitrogens with zero attached hydrogens (tertiary/aromatic N) is 2. The molecule has 0 aliphatic carbocycles. The molecule has 22 heavy (non-hydrogen) atoms. The van der Waals surface area contributed by atoms with Crippen LogP contribution in [0.2, 0.25) is 0 Å². The summed E-state index contributed by atoms with van der Waals surface area (Å²) in [5.74, 6) is 6.68. The molecule has 5 nitrogen and oxygen atoms in total. The summed E-state index contributed by atoms with van der Waals surface area (Å²) in [5, 5.41) is 25.0. The largest absolute Gasteiger partial charge is 0.594 e. The third kappa shape index (κ3) is 6.59. The molecule has 1 N–H and O–H groups in total. The number of aliphatic hydroxyl groups excluding tert-OH is 1. The van der Waals surface area contributed by atoms with E-state index in [1.165, 1.54) is 0 Å². The summed E-state index contributed by atoms with van der Waals surface area (Å²) in [5.41, 5.74) is 0.346. The van der Waals surface area contributed by atoms with E-state index in [-0.39, 0.29) is 5.41 Å². The monoisotopic (exact) mass is 304 g/mol. The van der Waals surface area contributed by atoms with Gasteiger partial charge in [-0.25, -0.2) is 0 Å². The van der Waals surface area contributed by atoms with Gasteiger partial charge < -0.3 is 15.1 Å². The molecule has 0 aliphatic rings. The molecule has 120 valence electrons. The van der Waals surface area contributed by atoms with Gasteiger partial charge in [0.1, 0.15) is 18.4 Å². The van der Waals surface area contributed by atoms with Crippen LogP contribution in [-0.4, -0.2) is 28.7 Å². The van der Waals surface area contributed by atoms with Crippen LogP contribution in [0.3, 0.4) is 0 Å². The van der Waals surface area contributed by atoms with Crippen molar-refractivity contribution in [3.8, 4) is 17.6 Å². The fourth-order valence-electron chi connectivity index (χ4n) is 1.42. The van der Waals surface area contributed by atoms with Crippen LogP contribution in [0.5, 0.6) is 5.75 Å². The van der Waals surface area contributed by atoms with Crippen LogP contribution in [0.4, 0.5) is 5.69 Å². The van der Waals surface area contributed by atoms with Gasteiger partial charge in [-0.3, -0.25) is 0 Å². The summed E-state index contributed by atoms with van der Waals surface area (Å²) in [7, 11) is 0. The van der Waals surface area contributed by atoms with E-state index in [1.807, 2.05) is 20.8 Å². The van der Waals surface area contributed by atoms with E-state index >= 15 is 0 Å². The molecule has 0 saturated heterocycles. The Kier molecular flexibility index (Phi) is 6.39. The number of rotatable bonds is 5. The van der Waals surface area contributed by atoms with Crippen LogP contribution in [0.15, 0.2) is 29.4 Å². The van der Waals surface area contributed by atoms with Crippen LogP contribution in [0.25, 0.3) is 0 Å². The fourth-order valence-corrected chi connectivity index (χ4v) is 1.42. The number of hydrogen-bond acceptors (Lipinski definition) is 4. The lowest BCUT2D eigenvalue weighted by Crippen LogP contribution is -2.18. The Morgan fingerprint density at radius 3 is 2.36 bits per heavy atom. The Balaban J connectivity index is 2.65. The van der Waals surface area contributed by atoms with Gasteiger partial charge in [-0.05, 0) is 51.9 Å². The molecule has 5 heteroatoms. The molecular weight excluding hydrogens is 280 g/mol. The molecule has 0 aliphatic heterocycles. The van der Waals surface area contributed by atoms with Crippen molar-refractivity contribution in [1.82, 2.24) is 0 Å². The summed E-state index contributed by atoms with van der Waals surface area (Å²) in [6.45, 7) is 9.69. The number of ether oxygens (including phenoxy) is 1. The standard InChI is InChI=1S/C17H24N2O3/c1-13(14(2)20)18-19(21)15-7-9-16(10-8-15)22-12-6-11-17(3,4)5/h7-10,13-14,20H,12H2,1-5H3/t13-,14+/m0/s1. The molecule has 0 radical (unpaired) electrons. The van der Waals surface area contributed by atoms with E-state index in [0.29, 0.717) is 22.9 Å². The van der Waals surface area contributed by atoms with Crippen molar-refractivity contribution in [1.29, 1.82) is 0 Å². The zero-order valence-corrected chi connectivity index (χ0v) is 13.8. The third-order valence-electron chi connectivity index (χ3n) is 2.82. The van der Waals surface area contributed by atoms with Gasteiger partial charge in [0.15, 0.2) is 0 Å². The van der Waals surface area contributed by atoms with E-state index in [4.69, 9.17) is 4.74 Å². The van der Waals surface area contributed by atoms with Crippen molar-refractivity contribution in [3.05, 3.63) is 29.5 Å². The average molecular weight is 304 g/mol. The predicted octanol–water partition coefficient (Wildman–Crippen LogP) is 3.48. The van der Waals surface area contributed by atoms with Crippen LogP contribution >= 0.6 is 0 Å². The topological polar surface area (TPSA) is 67.9 Å². The minimum Gasteiger partial charge on any atom is -0.594 e. The highest BCUT2D eigenvalue weighted by atomic mass is 16.5. The lowest BCUT2D eigenvalue weighted by Gasteiger charge is -2.08. The van der Waals surface area contributed by atoms with E-state index in [2.05, 4.69) is 17.0 Å². The van der Waals surface area contributed by atoms with E-state index < -0.39 is 12.1 Å². The summed E-state index contributed by atoms with van der Waals surface area (Å²) in [6, 6.07) is 6.18. The predicted molar refractivity (Wildman–Crippen MR) is 86.0 cm³/mol. The van der Waals surface area contributed by atoms with Crippen molar-refractivity contribution in [3.63, 3.8) is 0 Å². The maximum atomic E-state index is 11.8. The first kappa shape index (κ1) is 18.0. The van der Waals surface area contributed by atoms with Gasteiger partial charge in [0, 0.05) is 17.5 Å². The molecule has 1 aromatic rings. The van der Waals surface area contributed by atoms with Gasteiger partial charge in [0.05, 0.1) is 6.10 Å². The molecule has 1 aromatic carbocycles. The van der Waals surface area contributed by atoms with Gasteiger partial charge in [-0.1, -0.05) is 16.7 Å². The quantitative estimate of drug-likeness (QED) is 0.392. The maximum absolute atomic E-state index is 11.8. The average Bonchev–Trinajstić information content (AvgIpc) is 2.43. The molecule has 0 spiro atoms. The Bertz CT molecular complexity index is 560. The van der Waals surface area contributed by atoms with Gasteiger partial charge in [0.2, 0.25) is 5.69 Å². The SMILES string of the molecule is C[C@H](N=[N+]([O-])c1ccc(OCC#CC(C)(C)C)cc1)[C@@H](C)O. The molecule has 0 saturated carbocycles. The molecule has 0 unspecified atom stereocenters. The summed E-state index contributed by atoms with van der Waals surface area (Å²) in [6.07, 6.45) is -0.666. The molecule has 0 fully saturated rings. The Morgan fingerprint density at radius 2 is 1.86 bits per heavy atom. The Labute approximate surface area is 132 Å². The summed E-state index contributed by atoms with van der Waals surface area (Å²) >= 11 is 0. The zero-order chi connectivity index (χ0) is 16.8. The van der Waals surface area contributed by atoms with Crippen molar-refractivity contribution >= 4 is 5.69 Å². The summed E-state index contributed by atoms with van der Waals surface area (Å²) in [4.78, 5) is 0.514. The van der Waals surface area contributed by atoms with E-state index in [1.54, 1.807) is 38.1 Å². The van der Waals surface area contributed by atoms with Gasteiger partial charge in [-0.15, -0.1) is 0 Å². The third-order valence-corrected chi connectivity index (χ3v) is 2.82. The van der Waals surface area contributed by atoms with Gasteiger partial charge in [-0.2, -0.15) is 0 Å². The van der Waals surface area contributed by atoms with Crippen LogP contribution in [0.1, 0.15) is 34.6 Å². The molecular formula is C17H24N2O3. The maximum Gasteiger partial charge on any atom is 0.244 e. The van der Waals surface area contributed by atoms with Crippen molar-refractivity contribution < 1.29 is 14.7 Å².